The van der Waals surface area contributed by atoms with Crippen molar-refractivity contribution >= 4 is 0 Å². The Bertz CT molecular complexity index is 554. The van der Waals surface area contributed by atoms with E-state index in [-0.39, 0.29) is 0 Å². The molecule has 0 N–H and O–H groups in total. The maximum absolute atomic E-state index is 3.56. The van der Waals surface area contributed by atoms with E-state index in [0.29, 0.717) is 0 Å². The average molecular weight is 278 g/mol. The first kappa shape index (κ1) is 17.0. The molecule has 1 aliphatic carbocycles. The van der Waals surface area contributed by atoms with Crippen molar-refractivity contribution in [3.8, 4) is 11.1 Å². The minimum atomic E-state index is 1.10. The molecule has 21 heavy (non-hydrogen) atoms. The molecule has 1 aliphatic rings. The molecule has 0 aromatic heterocycles. The van der Waals surface area contributed by atoms with Crippen LogP contribution in [0, 0.1) is 0 Å². The van der Waals surface area contributed by atoms with Crippen LogP contribution in [-0.4, -0.2) is 0 Å². The summed E-state index contributed by atoms with van der Waals surface area (Å²) in [6.45, 7) is 15.0. The van der Waals surface area contributed by atoms with Crippen molar-refractivity contribution in [2.24, 2.45) is 0 Å². The second-order valence-electron chi connectivity index (χ2n) is 5.91. The maximum Gasteiger partial charge on any atom is -0.00135 e. The lowest BCUT2D eigenvalue weighted by Gasteiger charge is -1.98. The summed E-state index contributed by atoms with van der Waals surface area (Å²) in [5.74, 6) is 0. The molecule has 0 heterocycles. The van der Waals surface area contributed by atoms with Crippen LogP contribution in [0.3, 0.4) is 0 Å². The molecule has 0 saturated heterocycles. The van der Waals surface area contributed by atoms with Crippen LogP contribution >= 0.6 is 0 Å². The molecule has 0 saturated carbocycles. The lowest BCUT2D eigenvalue weighted by atomic mass is 10.1. The molecule has 0 atom stereocenters. The predicted octanol–water partition coefficient (Wildman–Crippen LogP) is 6.42. The van der Waals surface area contributed by atoms with Crippen molar-refractivity contribution in [3.63, 3.8) is 0 Å². The highest BCUT2D eigenvalue weighted by Crippen LogP contribution is 2.35. The molecule has 0 unspecified atom stereocenters. The van der Waals surface area contributed by atoms with E-state index < -0.39 is 0 Å². The van der Waals surface area contributed by atoms with Gasteiger partial charge in [0.05, 0.1) is 0 Å². The highest BCUT2D eigenvalue weighted by atomic mass is 14.2. The zero-order valence-corrected chi connectivity index (χ0v) is 13.7. The van der Waals surface area contributed by atoms with Gasteiger partial charge in [0.15, 0.2) is 0 Å². The van der Waals surface area contributed by atoms with Crippen LogP contribution in [0.1, 0.15) is 38.8 Å². The van der Waals surface area contributed by atoms with Crippen molar-refractivity contribution in [2.75, 3.05) is 0 Å². The number of rotatable bonds is 0. The Kier molecular flexibility index (Phi) is 6.68. The minimum absolute atomic E-state index is 1.10. The number of allylic oxidation sites excluding steroid dienone is 2. The van der Waals surface area contributed by atoms with Gasteiger partial charge in [-0.05, 0) is 56.4 Å². The minimum Gasteiger partial charge on any atom is -0.100 e. The molecule has 0 fully saturated rings. The molecule has 0 heteroatoms. The fourth-order valence-electron chi connectivity index (χ4n) is 2.08. The Morgan fingerprint density at radius 2 is 0.952 bits per heavy atom. The molecule has 2 aromatic carbocycles. The smallest absolute Gasteiger partial charge is 0.00135 e. The monoisotopic (exact) mass is 278 g/mol. The Labute approximate surface area is 129 Å². The van der Waals surface area contributed by atoms with E-state index in [1.807, 2.05) is 27.7 Å². The summed E-state index contributed by atoms with van der Waals surface area (Å²) in [4.78, 5) is 0. The van der Waals surface area contributed by atoms with Crippen LogP contribution in [-0.2, 0) is 6.42 Å². The lowest BCUT2D eigenvalue weighted by molar-refractivity contribution is 1.26. The summed E-state index contributed by atoms with van der Waals surface area (Å²) >= 11 is 0. The van der Waals surface area contributed by atoms with Crippen LogP contribution in [0.15, 0.2) is 72.8 Å². The molecule has 0 aliphatic heterocycles. The fraction of sp³-hybridized carbons (Fsp3) is 0.238. The lowest BCUT2D eigenvalue weighted by Crippen LogP contribution is -1.77. The van der Waals surface area contributed by atoms with E-state index in [2.05, 4.69) is 61.7 Å². The topological polar surface area (TPSA) is 0 Å². The summed E-state index contributed by atoms with van der Waals surface area (Å²) in [5, 5.41) is 0. The number of hydrogen-bond donors (Lipinski definition) is 0. The third-order valence-corrected chi connectivity index (χ3v) is 2.71. The van der Waals surface area contributed by atoms with E-state index in [9.17, 15) is 0 Å². The third-order valence-electron chi connectivity index (χ3n) is 2.71. The Balaban J connectivity index is 0.000000234. The SMILES string of the molecule is C=C(C)C.C=C(C)C.c1ccc2c(c1)Cc1ccccc1-2. The van der Waals surface area contributed by atoms with E-state index in [4.69, 9.17) is 0 Å². The molecule has 0 radical (unpaired) electrons. The molecule has 2 aromatic rings. The number of fused-ring (bicyclic) bond motifs is 3. The second-order valence-corrected chi connectivity index (χ2v) is 5.91. The molecule has 0 nitrogen and oxygen atoms in total. The van der Waals surface area contributed by atoms with Crippen molar-refractivity contribution in [1.82, 2.24) is 0 Å². The quantitative estimate of drug-likeness (QED) is 0.416. The van der Waals surface area contributed by atoms with Crippen molar-refractivity contribution in [1.29, 1.82) is 0 Å². The van der Waals surface area contributed by atoms with Crippen LogP contribution in [0.2, 0.25) is 0 Å². The molecule has 110 valence electrons. The normalized spacial score (nSPS) is 10.1. The summed E-state index contributed by atoms with van der Waals surface area (Å²) in [5.41, 5.74) is 8.09. The fourth-order valence-corrected chi connectivity index (χ4v) is 2.08. The zero-order chi connectivity index (χ0) is 15.8. The summed E-state index contributed by atoms with van der Waals surface area (Å²) in [7, 11) is 0. The van der Waals surface area contributed by atoms with Gasteiger partial charge in [0, 0.05) is 0 Å². The van der Waals surface area contributed by atoms with Crippen LogP contribution in [0.25, 0.3) is 11.1 Å². The third kappa shape index (κ3) is 5.83. The maximum atomic E-state index is 3.56. The van der Waals surface area contributed by atoms with E-state index in [0.717, 1.165) is 6.42 Å². The number of hydrogen-bond acceptors (Lipinski definition) is 0. The zero-order valence-electron chi connectivity index (χ0n) is 13.7. The molecule has 0 amide bonds. The van der Waals surface area contributed by atoms with Gasteiger partial charge in [-0.2, -0.15) is 0 Å². The van der Waals surface area contributed by atoms with Gasteiger partial charge in [-0.15, -0.1) is 13.2 Å². The van der Waals surface area contributed by atoms with Crippen LogP contribution in [0.5, 0.6) is 0 Å². The van der Waals surface area contributed by atoms with Crippen molar-refractivity contribution in [3.05, 3.63) is 84.0 Å². The standard InChI is InChI=1S/C13H10.2C4H8/c1-3-7-12-10(5-1)9-11-6-2-4-8-13(11)12;2*1-4(2)3/h1-8H,9H2;2*1H2,2-3H3. The molecular weight excluding hydrogens is 252 g/mol. The molecule has 3 rings (SSSR count). The number of benzene rings is 2. The predicted molar refractivity (Wildman–Crippen MR) is 95.7 cm³/mol. The van der Waals surface area contributed by atoms with E-state index >= 15 is 0 Å². The summed E-state index contributed by atoms with van der Waals surface area (Å²) < 4.78 is 0. The summed E-state index contributed by atoms with van der Waals surface area (Å²) in [6.07, 6.45) is 1.10. The average Bonchev–Trinajstić information content (AvgIpc) is 2.76. The second kappa shape index (κ2) is 8.26. The molecule has 0 spiro atoms. The molecule has 0 bridgehead atoms. The van der Waals surface area contributed by atoms with Crippen LogP contribution < -0.4 is 0 Å². The first-order valence-corrected chi connectivity index (χ1v) is 7.32. The Morgan fingerprint density at radius 3 is 1.29 bits per heavy atom. The highest BCUT2D eigenvalue weighted by Gasteiger charge is 2.15. The van der Waals surface area contributed by atoms with Crippen molar-refractivity contribution < 1.29 is 0 Å². The van der Waals surface area contributed by atoms with E-state index in [1.54, 1.807) is 0 Å². The van der Waals surface area contributed by atoms with Gasteiger partial charge < -0.3 is 0 Å². The summed E-state index contributed by atoms with van der Waals surface area (Å²) in [6, 6.07) is 17.3. The van der Waals surface area contributed by atoms with Gasteiger partial charge in [0.1, 0.15) is 0 Å². The van der Waals surface area contributed by atoms with E-state index in [1.165, 1.54) is 33.4 Å². The van der Waals surface area contributed by atoms with Gasteiger partial charge in [-0.25, -0.2) is 0 Å². The first-order chi connectivity index (χ1) is 9.91. The first-order valence-electron chi connectivity index (χ1n) is 7.32. The van der Waals surface area contributed by atoms with Gasteiger partial charge in [-0.3, -0.25) is 0 Å². The van der Waals surface area contributed by atoms with Gasteiger partial charge in [0.2, 0.25) is 0 Å². The van der Waals surface area contributed by atoms with Gasteiger partial charge in [0.25, 0.3) is 0 Å². The van der Waals surface area contributed by atoms with Crippen molar-refractivity contribution in [2.45, 2.75) is 34.1 Å². The highest BCUT2D eigenvalue weighted by molar-refractivity contribution is 5.76. The van der Waals surface area contributed by atoms with Gasteiger partial charge in [-0.1, -0.05) is 59.7 Å². The van der Waals surface area contributed by atoms with Gasteiger partial charge >= 0.3 is 0 Å². The Morgan fingerprint density at radius 1 is 0.667 bits per heavy atom. The Hall–Kier alpha value is -2.08. The largest absolute Gasteiger partial charge is 0.100 e. The molecular formula is C21H26. The van der Waals surface area contributed by atoms with Crippen LogP contribution in [0.4, 0.5) is 0 Å².